The Morgan fingerprint density at radius 2 is 1.74 bits per heavy atom. The second-order valence-corrected chi connectivity index (χ2v) is 15.6. The number of carbonyl (C=O) groups excluding carboxylic acids is 1. The van der Waals surface area contributed by atoms with Crippen LogP contribution in [0.1, 0.15) is 91.0 Å². The van der Waals surface area contributed by atoms with Gasteiger partial charge in [0, 0.05) is 19.6 Å². The van der Waals surface area contributed by atoms with Crippen molar-refractivity contribution < 1.29 is 49.3 Å². The summed E-state index contributed by atoms with van der Waals surface area (Å²) in [5, 5.41) is 58.9. The van der Waals surface area contributed by atoms with Gasteiger partial charge in [-0.15, -0.1) is 0 Å². The van der Waals surface area contributed by atoms with E-state index in [0.29, 0.717) is 25.7 Å². The van der Waals surface area contributed by atoms with Crippen LogP contribution in [-0.4, -0.2) is 98.3 Å². The first-order valence-corrected chi connectivity index (χ1v) is 17.4. The van der Waals surface area contributed by atoms with Gasteiger partial charge in [0.25, 0.3) is 0 Å². The minimum Gasteiger partial charge on any atom is -0.458 e. The van der Waals surface area contributed by atoms with E-state index < -0.39 is 70.2 Å². The molecular formula is C37H54O10. The van der Waals surface area contributed by atoms with Crippen LogP contribution >= 0.6 is 0 Å². The Morgan fingerprint density at radius 3 is 2.43 bits per heavy atom. The molecule has 5 aliphatic rings. The average Bonchev–Trinajstić information content (AvgIpc) is 3.27. The monoisotopic (exact) mass is 658 g/mol. The molecule has 4 aliphatic carbocycles. The lowest BCUT2D eigenvalue weighted by Crippen LogP contribution is -2.79. The fraction of sp³-hybridized carbons (Fsp3) is 0.757. The van der Waals surface area contributed by atoms with Gasteiger partial charge in [-0.2, -0.15) is 0 Å². The Kier molecular flexibility index (Phi) is 9.27. The van der Waals surface area contributed by atoms with Gasteiger partial charge >= 0.3 is 5.97 Å². The molecule has 1 aromatic rings. The molecule has 0 bridgehead atoms. The summed E-state index contributed by atoms with van der Waals surface area (Å²) < 4.78 is 24.1. The number of esters is 1. The van der Waals surface area contributed by atoms with E-state index >= 15 is 0 Å². The second-order valence-electron chi connectivity index (χ2n) is 15.6. The molecule has 0 unspecified atom stereocenters. The highest BCUT2D eigenvalue weighted by atomic mass is 16.7. The van der Waals surface area contributed by atoms with Gasteiger partial charge in [-0.1, -0.05) is 44.2 Å². The maximum atomic E-state index is 13.4. The van der Waals surface area contributed by atoms with Crippen molar-refractivity contribution in [3.63, 3.8) is 0 Å². The SMILES string of the molecule is CO[C@H]1C[C@H](O[C@H]2CC[C@@]3(C)[C@@H](CC[C@]4(O)[C@@H]3C[C@@H](OC(=O)/C=C/c3ccccc3)[C@@]3(C)[C@]4(O)CC[C@@]3(O)[C@@H](C)O)C2)O[C@H](C)[C@H]1O. The lowest BCUT2D eigenvalue weighted by molar-refractivity contribution is -0.343. The number of hydrogen-bond donors (Lipinski definition) is 5. The molecule has 1 aliphatic heterocycles. The summed E-state index contributed by atoms with van der Waals surface area (Å²) in [6.45, 7) is 7.16. The number of hydrogen-bond acceptors (Lipinski definition) is 10. The standard InChI is InChI=1S/C37H54O10/c1-22-32(40)27(44-5)20-31(45-22)46-26-14-15-33(3)25(19-26)13-16-36(42)28(33)21-29(47-30(39)12-11-24-9-7-6-8-10-24)34(4)35(41,23(2)38)17-18-37(34,36)43/h6-12,22-23,25-29,31-32,38,40-43H,13-21H2,1-5H3/b12-11+/t22-,23-,25+,26+,27+,28-,29-,31+,32-,33+,34-,35-,36+,37-/m1/s1. The van der Waals surface area contributed by atoms with Crippen molar-refractivity contribution in [1.82, 2.24) is 0 Å². The molecule has 0 radical (unpaired) electrons. The molecule has 0 amide bonds. The lowest BCUT2D eigenvalue weighted by atomic mass is 9.40. The summed E-state index contributed by atoms with van der Waals surface area (Å²) in [5.74, 6) is -0.877. The number of fused-ring (bicyclic) bond motifs is 5. The Labute approximate surface area is 278 Å². The molecule has 5 fully saturated rings. The van der Waals surface area contributed by atoms with Crippen molar-refractivity contribution in [2.24, 2.45) is 22.7 Å². The van der Waals surface area contributed by atoms with E-state index in [1.54, 1.807) is 20.1 Å². The van der Waals surface area contributed by atoms with Crippen molar-refractivity contribution in [2.75, 3.05) is 7.11 Å². The largest absolute Gasteiger partial charge is 0.458 e. The minimum atomic E-state index is -1.81. The van der Waals surface area contributed by atoms with Crippen LogP contribution in [0, 0.1) is 22.7 Å². The Bertz CT molecular complexity index is 1320. The number of aliphatic hydroxyl groups excluding tert-OH is 2. The first-order chi connectivity index (χ1) is 22.1. The normalized spacial score (nSPS) is 48.7. The number of aliphatic hydroxyl groups is 5. The predicted octanol–water partition coefficient (Wildman–Crippen LogP) is 3.50. The molecule has 1 aromatic carbocycles. The van der Waals surface area contributed by atoms with Crippen LogP contribution in [0.4, 0.5) is 0 Å². The average molecular weight is 659 g/mol. The first kappa shape index (κ1) is 35.0. The Balaban J connectivity index is 1.27. The van der Waals surface area contributed by atoms with E-state index in [2.05, 4.69) is 6.92 Å². The van der Waals surface area contributed by atoms with Gasteiger partial charge in [-0.3, -0.25) is 0 Å². The van der Waals surface area contributed by atoms with E-state index in [9.17, 15) is 30.3 Å². The number of methoxy groups -OCH3 is 1. The second kappa shape index (κ2) is 12.5. The number of carbonyl (C=O) groups is 1. The van der Waals surface area contributed by atoms with E-state index in [0.717, 1.165) is 18.4 Å². The van der Waals surface area contributed by atoms with Gasteiger partial charge in [-0.25, -0.2) is 4.79 Å². The summed E-state index contributed by atoms with van der Waals surface area (Å²) in [5.41, 5.74) is -6.28. The Hall–Kier alpha value is -1.89. The van der Waals surface area contributed by atoms with E-state index in [4.69, 9.17) is 18.9 Å². The van der Waals surface area contributed by atoms with Crippen molar-refractivity contribution in [2.45, 2.75) is 145 Å². The van der Waals surface area contributed by atoms with Gasteiger partial charge in [0.15, 0.2) is 6.29 Å². The van der Waals surface area contributed by atoms with E-state index in [1.807, 2.05) is 37.3 Å². The minimum absolute atomic E-state index is 0.0631. The molecule has 262 valence electrons. The first-order valence-electron chi connectivity index (χ1n) is 17.4. The maximum absolute atomic E-state index is 13.4. The molecular weight excluding hydrogens is 604 g/mol. The molecule has 0 aromatic heterocycles. The van der Waals surface area contributed by atoms with Crippen LogP contribution < -0.4 is 0 Å². The molecule has 10 heteroatoms. The molecule has 1 saturated heterocycles. The summed E-state index contributed by atoms with van der Waals surface area (Å²) in [6, 6.07) is 9.38. The third-order valence-corrected chi connectivity index (χ3v) is 13.6. The van der Waals surface area contributed by atoms with Gasteiger partial charge in [0.1, 0.15) is 23.4 Å². The highest BCUT2D eigenvalue weighted by molar-refractivity contribution is 5.87. The summed E-state index contributed by atoms with van der Waals surface area (Å²) >= 11 is 0. The van der Waals surface area contributed by atoms with E-state index in [1.165, 1.54) is 13.0 Å². The van der Waals surface area contributed by atoms with Crippen LogP contribution in [0.5, 0.6) is 0 Å². The fourth-order valence-corrected chi connectivity index (χ4v) is 10.7. The summed E-state index contributed by atoms with van der Waals surface area (Å²) in [7, 11) is 1.58. The fourth-order valence-electron chi connectivity index (χ4n) is 10.7. The van der Waals surface area contributed by atoms with Gasteiger partial charge < -0.3 is 44.5 Å². The van der Waals surface area contributed by atoms with Gasteiger partial charge in [0.05, 0.1) is 35.4 Å². The molecule has 0 spiro atoms. The van der Waals surface area contributed by atoms with Crippen LogP contribution in [0.3, 0.4) is 0 Å². The lowest BCUT2D eigenvalue weighted by Gasteiger charge is -2.69. The smallest absolute Gasteiger partial charge is 0.331 e. The van der Waals surface area contributed by atoms with Crippen molar-refractivity contribution >= 4 is 12.0 Å². The zero-order chi connectivity index (χ0) is 34.0. The number of ether oxygens (including phenoxy) is 4. The van der Waals surface area contributed by atoms with Crippen LogP contribution in [0.15, 0.2) is 36.4 Å². The zero-order valence-electron chi connectivity index (χ0n) is 28.4. The molecule has 1 heterocycles. The molecule has 10 nitrogen and oxygen atoms in total. The third kappa shape index (κ3) is 5.33. The summed E-state index contributed by atoms with van der Waals surface area (Å²) in [4.78, 5) is 13.4. The van der Waals surface area contributed by atoms with Gasteiger partial charge in [0.2, 0.25) is 0 Å². The van der Waals surface area contributed by atoms with E-state index in [-0.39, 0.29) is 37.4 Å². The van der Waals surface area contributed by atoms with Gasteiger partial charge in [-0.05, 0) is 94.1 Å². The maximum Gasteiger partial charge on any atom is 0.331 e. The number of rotatable bonds is 7. The van der Waals surface area contributed by atoms with Crippen molar-refractivity contribution in [1.29, 1.82) is 0 Å². The van der Waals surface area contributed by atoms with Crippen molar-refractivity contribution in [3.05, 3.63) is 42.0 Å². The third-order valence-electron chi connectivity index (χ3n) is 13.6. The number of benzene rings is 1. The molecule has 47 heavy (non-hydrogen) atoms. The molecule has 5 N–H and O–H groups in total. The highest BCUT2D eigenvalue weighted by Gasteiger charge is 2.81. The quantitative estimate of drug-likeness (QED) is 0.167. The molecule has 6 rings (SSSR count). The summed E-state index contributed by atoms with van der Waals surface area (Å²) in [6.07, 6.45) is 2.71. The zero-order valence-corrected chi connectivity index (χ0v) is 28.4. The Morgan fingerprint density at radius 1 is 1.02 bits per heavy atom. The highest BCUT2D eigenvalue weighted by Crippen LogP contribution is 2.72. The van der Waals surface area contributed by atoms with Crippen molar-refractivity contribution in [3.8, 4) is 0 Å². The predicted molar refractivity (Wildman–Crippen MR) is 173 cm³/mol. The molecule has 14 atom stereocenters. The molecule has 4 saturated carbocycles. The van der Waals surface area contributed by atoms with Crippen LogP contribution in [0.25, 0.3) is 6.08 Å². The topological polar surface area (TPSA) is 155 Å². The van der Waals surface area contributed by atoms with Crippen LogP contribution in [0.2, 0.25) is 0 Å². The van der Waals surface area contributed by atoms with Crippen LogP contribution in [-0.2, 0) is 23.7 Å².